The minimum atomic E-state index is -0.237. The normalized spacial score (nSPS) is 12.2. The van der Waals surface area contributed by atoms with Crippen LogP contribution in [0.2, 0.25) is 0 Å². The Morgan fingerprint density at radius 2 is 1.95 bits per heavy atom. The molecule has 0 heterocycles. The second-order valence-corrected chi connectivity index (χ2v) is 5.45. The molecule has 0 saturated carbocycles. The zero-order chi connectivity index (χ0) is 14.0. The van der Waals surface area contributed by atoms with Crippen LogP contribution >= 0.6 is 15.9 Å². The molecule has 0 aliphatic rings. The lowest BCUT2D eigenvalue weighted by Crippen LogP contribution is -2.08. The van der Waals surface area contributed by atoms with E-state index in [2.05, 4.69) is 21.2 Å². The van der Waals surface area contributed by atoms with Gasteiger partial charge in [0.25, 0.3) is 0 Å². The van der Waals surface area contributed by atoms with Crippen LogP contribution in [-0.2, 0) is 0 Å². The summed E-state index contributed by atoms with van der Waals surface area (Å²) in [6, 6.07) is 9.95. The number of phenolic OH excluding ortho intramolecular Hbond substituents is 1. The third kappa shape index (κ3) is 3.26. The van der Waals surface area contributed by atoms with Gasteiger partial charge in [0.1, 0.15) is 11.6 Å². The van der Waals surface area contributed by atoms with Crippen LogP contribution in [0.5, 0.6) is 5.75 Å². The highest BCUT2D eigenvalue weighted by molar-refractivity contribution is 9.10. The van der Waals surface area contributed by atoms with Gasteiger partial charge in [-0.25, -0.2) is 4.39 Å². The minimum absolute atomic E-state index is 0.165. The number of aromatic hydroxyl groups is 1. The molecule has 0 radical (unpaired) electrons. The number of phenols is 1. The van der Waals surface area contributed by atoms with E-state index in [0.717, 1.165) is 15.7 Å². The van der Waals surface area contributed by atoms with Gasteiger partial charge >= 0.3 is 0 Å². The molecule has 0 aliphatic heterocycles. The Kier molecular flexibility index (Phi) is 4.10. The summed E-state index contributed by atoms with van der Waals surface area (Å²) in [6.45, 7) is 3.72. The molecule has 0 spiro atoms. The number of hydrogen-bond donors (Lipinski definition) is 2. The summed E-state index contributed by atoms with van der Waals surface area (Å²) in [4.78, 5) is 0. The van der Waals surface area contributed by atoms with E-state index in [1.165, 1.54) is 6.07 Å². The van der Waals surface area contributed by atoms with Gasteiger partial charge in [0.15, 0.2) is 0 Å². The fourth-order valence-electron chi connectivity index (χ4n) is 1.92. The van der Waals surface area contributed by atoms with Gasteiger partial charge in [0.2, 0.25) is 0 Å². The standard InChI is InChI=1S/C15H15BrFNO/c1-9-7-12(4-6-15(9)19)18-10(2)13-8-11(16)3-5-14(13)17/h3-8,10,18-19H,1-2H3. The summed E-state index contributed by atoms with van der Waals surface area (Å²) in [6.07, 6.45) is 0. The lowest BCUT2D eigenvalue weighted by Gasteiger charge is -2.17. The van der Waals surface area contributed by atoms with E-state index in [9.17, 15) is 9.50 Å². The molecule has 0 fully saturated rings. The molecule has 19 heavy (non-hydrogen) atoms. The van der Waals surface area contributed by atoms with E-state index in [4.69, 9.17) is 0 Å². The Bertz CT molecular complexity index is 601. The van der Waals surface area contributed by atoms with Crippen molar-refractivity contribution in [2.24, 2.45) is 0 Å². The number of rotatable bonds is 3. The van der Waals surface area contributed by atoms with Crippen LogP contribution in [0.4, 0.5) is 10.1 Å². The molecule has 2 aromatic carbocycles. The van der Waals surface area contributed by atoms with Crippen LogP contribution in [-0.4, -0.2) is 5.11 Å². The average Bonchev–Trinajstić information content (AvgIpc) is 2.36. The van der Waals surface area contributed by atoms with Crippen LogP contribution in [0.15, 0.2) is 40.9 Å². The van der Waals surface area contributed by atoms with Crippen LogP contribution in [0.25, 0.3) is 0 Å². The number of hydrogen-bond acceptors (Lipinski definition) is 2. The number of benzene rings is 2. The first kappa shape index (κ1) is 13.9. The lowest BCUT2D eigenvalue weighted by molar-refractivity contribution is 0.471. The van der Waals surface area contributed by atoms with Crippen molar-refractivity contribution in [1.82, 2.24) is 0 Å². The molecular weight excluding hydrogens is 309 g/mol. The largest absolute Gasteiger partial charge is 0.508 e. The fraction of sp³-hybridized carbons (Fsp3) is 0.200. The molecular formula is C15H15BrFNO. The van der Waals surface area contributed by atoms with Gasteiger partial charge < -0.3 is 10.4 Å². The molecule has 2 aromatic rings. The number of halogens is 2. The van der Waals surface area contributed by atoms with Crippen LogP contribution in [0, 0.1) is 12.7 Å². The predicted octanol–water partition coefficient (Wildman–Crippen LogP) is 4.78. The smallest absolute Gasteiger partial charge is 0.128 e. The SMILES string of the molecule is Cc1cc(NC(C)c2cc(Br)ccc2F)ccc1O. The molecule has 1 atom stereocenters. The topological polar surface area (TPSA) is 32.3 Å². The van der Waals surface area contributed by atoms with Gasteiger partial charge in [0.05, 0.1) is 6.04 Å². The Balaban J connectivity index is 2.22. The number of anilines is 1. The van der Waals surface area contributed by atoms with Crippen molar-refractivity contribution in [1.29, 1.82) is 0 Å². The van der Waals surface area contributed by atoms with Crippen molar-refractivity contribution in [2.75, 3.05) is 5.32 Å². The Morgan fingerprint density at radius 3 is 2.63 bits per heavy atom. The van der Waals surface area contributed by atoms with Gasteiger partial charge in [0, 0.05) is 15.7 Å². The van der Waals surface area contributed by atoms with Crippen molar-refractivity contribution in [3.63, 3.8) is 0 Å². The molecule has 2 N–H and O–H groups in total. The second-order valence-electron chi connectivity index (χ2n) is 4.53. The van der Waals surface area contributed by atoms with Gasteiger partial charge in [-0.1, -0.05) is 15.9 Å². The van der Waals surface area contributed by atoms with E-state index in [0.29, 0.717) is 5.56 Å². The maximum atomic E-state index is 13.8. The summed E-state index contributed by atoms with van der Waals surface area (Å²) < 4.78 is 14.6. The van der Waals surface area contributed by atoms with Crippen LogP contribution in [0.1, 0.15) is 24.1 Å². The molecule has 0 bridgehead atoms. The maximum absolute atomic E-state index is 13.8. The molecule has 0 aliphatic carbocycles. The molecule has 2 nitrogen and oxygen atoms in total. The Labute approximate surface area is 120 Å². The zero-order valence-corrected chi connectivity index (χ0v) is 12.3. The molecule has 0 amide bonds. The monoisotopic (exact) mass is 323 g/mol. The average molecular weight is 324 g/mol. The quantitative estimate of drug-likeness (QED) is 0.797. The minimum Gasteiger partial charge on any atom is -0.508 e. The summed E-state index contributed by atoms with van der Waals surface area (Å²) in [7, 11) is 0. The van der Waals surface area contributed by atoms with Crippen molar-refractivity contribution in [2.45, 2.75) is 19.9 Å². The third-order valence-corrected chi connectivity index (χ3v) is 3.50. The van der Waals surface area contributed by atoms with Crippen molar-refractivity contribution >= 4 is 21.6 Å². The highest BCUT2D eigenvalue weighted by Gasteiger charge is 2.11. The maximum Gasteiger partial charge on any atom is 0.128 e. The highest BCUT2D eigenvalue weighted by Crippen LogP contribution is 2.27. The zero-order valence-electron chi connectivity index (χ0n) is 10.7. The second kappa shape index (κ2) is 5.61. The Morgan fingerprint density at radius 1 is 1.21 bits per heavy atom. The molecule has 100 valence electrons. The summed E-state index contributed by atoms with van der Waals surface area (Å²) in [5.74, 6) is 0.0190. The fourth-order valence-corrected chi connectivity index (χ4v) is 2.30. The van der Waals surface area contributed by atoms with Crippen LogP contribution in [0.3, 0.4) is 0 Å². The first-order valence-electron chi connectivity index (χ1n) is 5.98. The summed E-state index contributed by atoms with van der Waals surface area (Å²) in [5, 5.41) is 12.7. The third-order valence-electron chi connectivity index (χ3n) is 3.00. The molecule has 0 saturated heterocycles. The van der Waals surface area contributed by atoms with E-state index >= 15 is 0 Å². The lowest BCUT2D eigenvalue weighted by atomic mass is 10.1. The van der Waals surface area contributed by atoms with E-state index in [1.54, 1.807) is 24.3 Å². The summed E-state index contributed by atoms with van der Waals surface area (Å²) in [5.41, 5.74) is 2.23. The first-order valence-corrected chi connectivity index (χ1v) is 6.78. The van der Waals surface area contributed by atoms with Gasteiger partial charge in [-0.05, 0) is 55.8 Å². The molecule has 4 heteroatoms. The molecule has 1 unspecified atom stereocenters. The van der Waals surface area contributed by atoms with Crippen molar-refractivity contribution < 1.29 is 9.50 Å². The van der Waals surface area contributed by atoms with Crippen LogP contribution < -0.4 is 5.32 Å². The molecule has 0 aromatic heterocycles. The number of nitrogens with one attached hydrogen (secondary N) is 1. The van der Waals surface area contributed by atoms with E-state index in [1.807, 2.05) is 19.9 Å². The van der Waals surface area contributed by atoms with E-state index in [-0.39, 0.29) is 17.6 Å². The highest BCUT2D eigenvalue weighted by atomic mass is 79.9. The van der Waals surface area contributed by atoms with Gasteiger partial charge in [-0.2, -0.15) is 0 Å². The van der Waals surface area contributed by atoms with Crippen molar-refractivity contribution in [3.8, 4) is 5.75 Å². The number of aryl methyl sites for hydroxylation is 1. The van der Waals surface area contributed by atoms with Gasteiger partial charge in [-0.3, -0.25) is 0 Å². The summed E-state index contributed by atoms with van der Waals surface area (Å²) >= 11 is 3.34. The molecule has 2 rings (SSSR count). The van der Waals surface area contributed by atoms with Crippen molar-refractivity contribution in [3.05, 3.63) is 57.8 Å². The first-order chi connectivity index (χ1) is 8.97. The predicted molar refractivity (Wildman–Crippen MR) is 79.0 cm³/mol. The van der Waals surface area contributed by atoms with E-state index < -0.39 is 0 Å². The Hall–Kier alpha value is -1.55. The van der Waals surface area contributed by atoms with Gasteiger partial charge in [-0.15, -0.1) is 0 Å².